The van der Waals surface area contributed by atoms with Gasteiger partial charge in [0.15, 0.2) is 0 Å². The van der Waals surface area contributed by atoms with Gasteiger partial charge in [-0.2, -0.15) is 13.2 Å². The lowest BCUT2D eigenvalue weighted by Crippen LogP contribution is -2.44. The van der Waals surface area contributed by atoms with Crippen LogP contribution in [0.15, 0.2) is 36.5 Å². The Balaban J connectivity index is 1.76. The van der Waals surface area contributed by atoms with Crippen molar-refractivity contribution in [2.45, 2.75) is 6.18 Å². The first kappa shape index (κ1) is 22.3. The largest absolute Gasteiger partial charge is 0.453 e. The molecule has 2 heterocycles. The molecule has 1 fully saturated rings. The van der Waals surface area contributed by atoms with E-state index in [-0.39, 0.29) is 11.3 Å². The van der Waals surface area contributed by atoms with Crippen molar-refractivity contribution in [2.75, 3.05) is 55.9 Å². The molecule has 8 nitrogen and oxygen atoms in total. The van der Waals surface area contributed by atoms with E-state index in [1.807, 2.05) is 7.05 Å². The van der Waals surface area contributed by atoms with Crippen molar-refractivity contribution < 1.29 is 27.5 Å². The Kier molecular flexibility index (Phi) is 6.64. The van der Waals surface area contributed by atoms with Crippen LogP contribution in [0.2, 0.25) is 0 Å². The van der Waals surface area contributed by atoms with Crippen LogP contribution in [0.1, 0.15) is 15.9 Å². The molecule has 0 unspecified atom stereocenters. The van der Waals surface area contributed by atoms with Crippen molar-refractivity contribution in [3.05, 3.63) is 47.7 Å². The molecule has 166 valence electrons. The van der Waals surface area contributed by atoms with Crippen molar-refractivity contribution in [2.24, 2.45) is 0 Å². The lowest BCUT2D eigenvalue weighted by Gasteiger charge is -2.33. The summed E-state index contributed by atoms with van der Waals surface area (Å²) in [6.07, 6.45) is -4.20. The Labute approximate surface area is 177 Å². The second-order valence-corrected chi connectivity index (χ2v) is 7.06. The van der Waals surface area contributed by atoms with Crippen LogP contribution in [0.4, 0.5) is 35.2 Å². The zero-order chi connectivity index (χ0) is 22.6. The van der Waals surface area contributed by atoms with Gasteiger partial charge in [0.25, 0.3) is 5.91 Å². The van der Waals surface area contributed by atoms with E-state index >= 15 is 0 Å². The number of carbonyl (C=O) groups excluding carboxylic acids is 2. The van der Waals surface area contributed by atoms with Crippen molar-refractivity contribution >= 4 is 29.2 Å². The highest BCUT2D eigenvalue weighted by atomic mass is 19.4. The van der Waals surface area contributed by atoms with Crippen LogP contribution in [0, 0.1) is 0 Å². The number of hydrogen-bond acceptors (Lipinski definition) is 6. The Morgan fingerprint density at radius 2 is 1.74 bits per heavy atom. The van der Waals surface area contributed by atoms with Gasteiger partial charge in [-0.25, -0.2) is 9.78 Å². The predicted octanol–water partition coefficient (Wildman–Crippen LogP) is 3.28. The topological polar surface area (TPSA) is 86.8 Å². The first-order valence-electron chi connectivity index (χ1n) is 9.44. The number of carbonyl (C=O) groups is 2. The van der Waals surface area contributed by atoms with Crippen LogP contribution in [-0.4, -0.2) is 62.2 Å². The summed E-state index contributed by atoms with van der Waals surface area (Å²) in [6.45, 7) is 3.49. The highest BCUT2D eigenvalue weighted by Crippen LogP contribution is 2.32. The van der Waals surface area contributed by atoms with Crippen LogP contribution >= 0.6 is 0 Å². The SMILES string of the molecule is COC(=O)Nc1cc(C(=O)Nc2ccc(N3CCN(C)CC3)nc2)cc(C(F)(F)F)c1. The number of halogens is 3. The monoisotopic (exact) mass is 437 g/mol. The van der Waals surface area contributed by atoms with E-state index in [0.29, 0.717) is 11.8 Å². The average Bonchev–Trinajstić information content (AvgIpc) is 2.74. The molecule has 1 aliphatic rings. The number of rotatable bonds is 4. The molecule has 0 atom stereocenters. The van der Waals surface area contributed by atoms with E-state index in [2.05, 4.69) is 30.2 Å². The number of methoxy groups -OCH3 is 1. The molecule has 11 heteroatoms. The number of amides is 2. The normalized spacial score (nSPS) is 14.8. The number of piperazine rings is 1. The Bertz CT molecular complexity index is 942. The molecule has 1 aromatic carbocycles. The summed E-state index contributed by atoms with van der Waals surface area (Å²) < 4.78 is 44.0. The zero-order valence-corrected chi connectivity index (χ0v) is 17.0. The summed E-state index contributed by atoms with van der Waals surface area (Å²) in [5.74, 6) is -0.0112. The van der Waals surface area contributed by atoms with E-state index in [0.717, 1.165) is 51.2 Å². The number of nitrogens with one attached hydrogen (secondary N) is 2. The van der Waals surface area contributed by atoms with Crippen LogP contribution in [-0.2, 0) is 10.9 Å². The Morgan fingerprint density at radius 3 is 2.32 bits per heavy atom. The van der Waals surface area contributed by atoms with E-state index in [9.17, 15) is 22.8 Å². The summed E-state index contributed by atoms with van der Waals surface area (Å²) in [6, 6.07) is 5.95. The highest BCUT2D eigenvalue weighted by Gasteiger charge is 2.32. The minimum atomic E-state index is -4.70. The molecule has 0 bridgehead atoms. The molecular formula is C20H22F3N5O3. The number of anilines is 3. The van der Waals surface area contributed by atoms with Crippen LogP contribution in [0.3, 0.4) is 0 Å². The van der Waals surface area contributed by atoms with Gasteiger partial charge in [0, 0.05) is 37.4 Å². The number of aromatic nitrogens is 1. The number of alkyl halides is 3. The van der Waals surface area contributed by atoms with Crippen molar-refractivity contribution in [1.29, 1.82) is 0 Å². The van der Waals surface area contributed by atoms with E-state index in [1.165, 1.54) is 6.20 Å². The number of nitrogens with zero attached hydrogens (tertiary/aromatic N) is 3. The molecule has 1 aromatic heterocycles. The van der Waals surface area contributed by atoms with Gasteiger partial charge >= 0.3 is 12.3 Å². The maximum absolute atomic E-state index is 13.2. The van der Waals surface area contributed by atoms with Gasteiger partial charge in [0.05, 0.1) is 24.6 Å². The van der Waals surface area contributed by atoms with E-state index in [4.69, 9.17) is 0 Å². The van der Waals surface area contributed by atoms with Crippen LogP contribution in [0.5, 0.6) is 0 Å². The molecule has 0 aliphatic carbocycles. The third kappa shape index (κ3) is 5.85. The summed E-state index contributed by atoms with van der Waals surface area (Å²) in [5, 5.41) is 4.68. The fraction of sp³-hybridized carbons (Fsp3) is 0.350. The Hall–Kier alpha value is -3.34. The minimum Gasteiger partial charge on any atom is -0.453 e. The average molecular weight is 437 g/mol. The summed E-state index contributed by atoms with van der Waals surface area (Å²) in [4.78, 5) is 32.6. The second kappa shape index (κ2) is 9.21. The summed E-state index contributed by atoms with van der Waals surface area (Å²) in [5.41, 5.74) is -1.22. The maximum atomic E-state index is 13.2. The van der Waals surface area contributed by atoms with Gasteiger partial charge < -0.3 is 19.9 Å². The molecule has 3 rings (SSSR count). The number of likely N-dealkylation sites (N-methyl/N-ethyl adjacent to an activating group) is 1. The summed E-state index contributed by atoms with van der Waals surface area (Å²) in [7, 11) is 3.12. The van der Waals surface area contributed by atoms with Crippen LogP contribution < -0.4 is 15.5 Å². The second-order valence-electron chi connectivity index (χ2n) is 7.06. The smallest absolute Gasteiger partial charge is 0.416 e. The fourth-order valence-electron chi connectivity index (χ4n) is 3.05. The van der Waals surface area contributed by atoms with Gasteiger partial charge in [-0.15, -0.1) is 0 Å². The molecule has 0 spiro atoms. The van der Waals surface area contributed by atoms with E-state index < -0.39 is 23.7 Å². The number of pyridine rings is 1. The molecule has 0 radical (unpaired) electrons. The van der Waals surface area contributed by atoms with Gasteiger partial charge in [-0.3, -0.25) is 10.1 Å². The first-order chi connectivity index (χ1) is 14.7. The van der Waals surface area contributed by atoms with Gasteiger partial charge in [-0.05, 0) is 37.4 Å². The third-order valence-electron chi connectivity index (χ3n) is 4.79. The highest BCUT2D eigenvalue weighted by molar-refractivity contribution is 6.05. The standard InChI is InChI=1S/C20H22F3N5O3/c1-27-5-7-28(8-6-27)17-4-3-15(12-24-17)25-18(29)13-9-14(20(21,22)23)11-16(10-13)26-19(30)31-2/h3-4,9-12H,5-8H2,1-2H3,(H,25,29)(H,26,30). The first-order valence-corrected chi connectivity index (χ1v) is 9.44. The quantitative estimate of drug-likeness (QED) is 0.764. The molecule has 2 amide bonds. The summed E-state index contributed by atoms with van der Waals surface area (Å²) >= 11 is 0. The minimum absolute atomic E-state index is 0.213. The molecule has 0 saturated carbocycles. The van der Waals surface area contributed by atoms with Crippen molar-refractivity contribution in [3.63, 3.8) is 0 Å². The fourth-order valence-corrected chi connectivity index (χ4v) is 3.05. The van der Waals surface area contributed by atoms with Gasteiger partial charge in [-0.1, -0.05) is 0 Å². The number of benzene rings is 1. The van der Waals surface area contributed by atoms with E-state index in [1.54, 1.807) is 12.1 Å². The van der Waals surface area contributed by atoms with Gasteiger partial charge in [0.1, 0.15) is 5.82 Å². The lowest BCUT2D eigenvalue weighted by molar-refractivity contribution is -0.137. The maximum Gasteiger partial charge on any atom is 0.416 e. The van der Waals surface area contributed by atoms with Crippen LogP contribution in [0.25, 0.3) is 0 Å². The molecule has 31 heavy (non-hydrogen) atoms. The molecule has 2 aromatic rings. The third-order valence-corrected chi connectivity index (χ3v) is 4.79. The number of hydrogen-bond donors (Lipinski definition) is 2. The van der Waals surface area contributed by atoms with Crippen molar-refractivity contribution in [1.82, 2.24) is 9.88 Å². The molecular weight excluding hydrogens is 415 g/mol. The molecule has 1 aliphatic heterocycles. The zero-order valence-electron chi connectivity index (χ0n) is 17.0. The Morgan fingerprint density at radius 1 is 1.03 bits per heavy atom. The van der Waals surface area contributed by atoms with Gasteiger partial charge in [0.2, 0.25) is 0 Å². The number of ether oxygens (including phenoxy) is 1. The lowest BCUT2D eigenvalue weighted by atomic mass is 10.1. The predicted molar refractivity (Wildman–Crippen MR) is 109 cm³/mol. The van der Waals surface area contributed by atoms with Crippen molar-refractivity contribution in [3.8, 4) is 0 Å². The molecule has 1 saturated heterocycles. The molecule has 2 N–H and O–H groups in total.